The summed E-state index contributed by atoms with van der Waals surface area (Å²) in [6.45, 7) is 23.2. The number of ether oxygens (including phenoxy) is 12. The number of methoxy groups -OCH3 is 4. The molecule has 0 unspecified atom stereocenters. The maximum absolute atomic E-state index is 13.7. The van der Waals surface area contributed by atoms with Gasteiger partial charge in [-0.1, -0.05) is 121 Å². The van der Waals surface area contributed by atoms with Crippen LogP contribution in [0.1, 0.15) is 119 Å². The predicted molar refractivity (Wildman–Crippen MR) is 494 cm³/mol. The lowest BCUT2D eigenvalue weighted by atomic mass is 9.87. The molecule has 126 heavy (non-hydrogen) atoms. The van der Waals surface area contributed by atoms with Crippen LogP contribution in [0.15, 0.2) is 200 Å². The molecule has 0 saturated carbocycles. The summed E-state index contributed by atoms with van der Waals surface area (Å²) in [4.78, 5) is 18.2. The Kier molecular flexibility index (Phi) is 36.3. The highest BCUT2D eigenvalue weighted by molar-refractivity contribution is 5.78. The van der Waals surface area contributed by atoms with E-state index in [4.69, 9.17) is 61.8 Å². The van der Waals surface area contributed by atoms with Gasteiger partial charge in [-0.05, 0) is 170 Å². The molecule has 6 aliphatic rings. The number of aromatic amines is 1. The Hall–Kier alpha value is -9.77. The molecule has 10 aromatic rings. The highest BCUT2D eigenvalue weighted by Gasteiger charge is 2.32. The second-order valence-electron chi connectivity index (χ2n) is 33.2. The van der Waals surface area contributed by atoms with E-state index in [1.807, 2.05) is 24.3 Å². The summed E-state index contributed by atoms with van der Waals surface area (Å²) in [5.74, 6) is 4.52. The number of benzene rings is 9. The van der Waals surface area contributed by atoms with Crippen molar-refractivity contribution in [2.45, 2.75) is 127 Å². The van der Waals surface area contributed by atoms with Crippen LogP contribution in [0.4, 0.5) is 25.8 Å². The third kappa shape index (κ3) is 27.2. The molecule has 9 aromatic carbocycles. The minimum absolute atomic E-state index is 0.0690. The summed E-state index contributed by atoms with van der Waals surface area (Å²) in [5, 5.41) is 13.9. The number of hydrogen-bond donors (Lipinski definition) is 5. The van der Waals surface area contributed by atoms with Crippen molar-refractivity contribution in [3.05, 3.63) is 268 Å². The van der Waals surface area contributed by atoms with Gasteiger partial charge in [-0.15, -0.1) is 0 Å². The Balaban J connectivity index is 0.000000153. The van der Waals surface area contributed by atoms with Gasteiger partial charge >= 0.3 is 0 Å². The van der Waals surface area contributed by atoms with Gasteiger partial charge in [0.05, 0.1) is 101 Å². The molecule has 0 spiro atoms. The predicted octanol–water partition coefficient (Wildman–Crippen LogP) is 15.7. The van der Waals surface area contributed by atoms with E-state index >= 15 is 0 Å². The first kappa shape index (κ1) is 92.4. The number of piperazine rings is 1. The van der Waals surface area contributed by atoms with Gasteiger partial charge in [-0.25, -0.2) is 13.8 Å². The molecule has 7 heterocycles. The Morgan fingerprint density at radius 1 is 0.468 bits per heavy atom. The molecule has 5 N–H and O–H groups in total. The van der Waals surface area contributed by atoms with Gasteiger partial charge < -0.3 is 97.8 Å². The summed E-state index contributed by atoms with van der Waals surface area (Å²) in [6, 6.07) is 67.6. The van der Waals surface area contributed by atoms with E-state index in [1.165, 1.54) is 39.2 Å². The molecule has 0 radical (unpaired) electrons. The zero-order valence-electron chi connectivity index (χ0n) is 74.1. The monoisotopic (exact) mass is 1720 g/mol. The van der Waals surface area contributed by atoms with Crippen molar-refractivity contribution >= 4 is 28.1 Å². The second-order valence-corrected chi connectivity index (χ2v) is 33.2. The van der Waals surface area contributed by atoms with Gasteiger partial charge in [0, 0.05) is 173 Å². The van der Waals surface area contributed by atoms with Crippen LogP contribution >= 0.6 is 0 Å². The molecule has 6 aliphatic heterocycles. The number of fused-ring (bicyclic) bond motifs is 3. The van der Waals surface area contributed by atoms with E-state index in [9.17, 15) is 8.78 Å². The number of H-pyrrole nitrogens is 1. The van der Waals surface area contributed by atoms with Gasteiger partial charge in [0.2, 0.25) is 0 Å². The third-order valence-electron chi connectivity index (χ3n) is 24.5. The van der Waals surface area contributed by atoms with Gasteiger partial charge in [0.1, 0.15) is 54.5 Å². The van der Waals surface area contributed by atoms with Crippen molar-refractivity contribution in [2.75, 3.05) is 194 Å². The molecule has 674 valence electrons. The normalized spacial score (nSPS) is 18.9. The average molecular weight is 1730 g/mol. The van der Waals surface area contributed by atoms with Gasteiger partial charge in [0.15, 0.2) is 11.6 Å². The minimum atomic E-state index is -0.565. The second kappa shape index (κ2) is 49.5. The first-order chi connectivity index (χ1) is 62.1. The van der Waals surface area contributed by atoms with Crippen molar-refractivity contribution in [1.29, 1.82) is 0 Å². The standard InChI is InChI=1S/C35H46N4O3.C34H43N3O5.C33H41F2N3O4/c1-40-22-5-16-39-21-23-41-34-13-10-29(24-33(34)39)27-42-35-25-36-15-14-32(35)30-11-8-28(9-12-30)26-37-17-19-38(20-18-37)31-6-3-2-4-7-31;1-38-19-6-12-33-36-30-10-5-9-27(34(30)37-33)24-42-32-22-35-18-17-29(32)25-13-15-28(16-14-25)41-21-7-20-40-23-26-8-3-4-11-31(26)39-2;1-39-16-2-14-38-15-18-41-31-10-5-25(19-30(31)38)23-42-33-22-36-12-11-28(33)26-6-3-24(4-7-26)21-37-13-17-40-32-20-27(34)8-9-29(32)35/h2-4,6-13,24,32,35-36H,5,14-23,25-27H2,1H3;3-5,8-11,13-16,29,32,35H,6-7,12,17-24H2,1-2H3,(H,36,37);3-10,19-20,28,33,36-37H,2,11-18,21-23H2,1H3/t32-,35+;29-,32+;28-,33+/m111/s1. The van der Waals surface area contributed by atoms with Gasteiger partial charge in [-0.3, -0.25) is 4.90 Å². The zero-order valence-corrected chi connectivity index (χ0v) is 74.1. The topological polar surface area (TPSA) is 201 Å². The fourth-order valence-corrected chi connectivity index (χ4v) is 17.6. The van der Waals surface area contributed by atoms with Crippen molar-refractivity contribution in [2.24, 2.45) is 0 Å². The molecule has 4 saturated heterocycles. The lowest BCUT2D eigenvalue weighted by Gasteiger charge is -2.36. The van der Waals surface area contributed by atoms with Crippen LogP contribution in [0.2, 0.25) is 0 Å². The number of rotatable bonds is 41. The summed E-state index contributed by atoms with van der Waals surface area (Å²) >= 11 is 0. The van der Waals surface area contributed by atoms with Crippen molar-refractivity contribution in [3.63, 3.8) is 0 Å². The van der Waals surface area contributed by atoms with Crippen LogP contribution in [0.5, 0.6) is 28.7 Å². The van der Waals surface area contributed by atoms with Crippen LogP contribution in [0.3, 0.4) is 0 Å². The molecule has 6 atom stereocenters. The number of anilines is 3. The molecule has 0 bridgehead atoms. The molecule has 16 rings (SSSR count). The van der Waals surface area contributed by atoms with E-state index < -0.39 is 11.6 Å². The van der Waals surface area contributed by atoms with Crippen LogP contribution < -0.4 is 59.7 Å². The number of halogens is 2. The smallest absolute Gasteiger partial charge is 0.165 e. The highest BCUT2D eigenvalue weighted by Crippen LogP contribution is 2.38. The molecular formula is C102H130F2N10O12. The number of nitrogens with zero attached hydrogens (tertiary/aromatic N) is 5. The summed E-state index contributed by atoms with van der Waals surface area (Å²) in [5.41, 5.74) is 16.7. The van der Waals surface area contributed by atoms with E-state index in [2.05, 4.69) is 204 Å². The maximum Gasteiger partial charge on any atom is 0.165 e. The third-order valence-corrected chi connectivity index (χ3v) is 24.5. The Labute approximate surface area is 743 Å². The Bertz CT molecular complexity index is 4860. The quantitative estimate of drug-likeness (QED) is 0.0226. The highest BCUT2D eigenvalue weighted by atomic mass is 19.1. The molecule has 22 nitrogen and oxygen atoms in total. The molecule has 1 aromatic heterocycles. The van der Waals surface area contributed by atoms with Gasteiger partial charge in [0.25, 0.3) is 0 Å². The van der Waals surface area contributed by atoms with Crippen molar-refractivity contribution in [3.8, 4) is 28.7 Å². The SMILES string of the molecule is COCCCN1CCOc2ccc(CO[C@H]3CNCC[C@@H]3c3ccc(CN4CCN(c5ccccc5)CC4)cc3)cc21.COCCCN1CCOc2ccc(CO[C@H]3CNCC[C@@H]3c3ccc(CNCCOc4cc(F)ccc4F)cc3)cc21.COCCCc1nc2c(CO[C@H]3CNCC[C@@H]3c3ccc(OCCCOCc4ccccc4OC)cc3)cccc2[nH]1. The Morgan fingerprint density at radius 3 is 1.63 bits per heavy atom. The maximum atomic E-state index is 13.7. The molecule has 0 aliphatic carbocycles. The molecule has 24 heteroatoms. The average Bonchev–Trinajstić information content (AvgIpc) is 1.52. The molecule has 4 fully saturated rings. The van der Waals surface area contributed by atoms with E-state index in [-0.39, 0.29) is 30.7 Å². The number of piperidine rings is 3. The van der Waals surface area contributed by atoms with E-state index in [1.54, 1.807) is 28.4 Å². The first-order valence-electron chi connectivity index (χ1n) is 45.4. The van der Waals surface area contributed by atoms with E-state index in [0.29, 0.717) is 77.1 Å². The lowest BCUT2D eigenvalue weighted by molar-refractivity contribution is 0.0105. The van der Waals surface area contributed by atoms with Crippen LogP contribution in [0, 0.1) is 11.6 Å². The van der Waals surface area contributed by atoms with Crippen LogP contribution in [-0.4, -0.2) is 213 Å². The lowest BCUT2D eigenvalue weighted by Crippen LogP contribution is -2.45. The van der Waals surface area contributed by atoms with Crippen molar-refractivity contribution in [1.82, 2.24) is 36.1 Å². The van der Waals surface area contributed by atoms with Crippen molar-refractivity contribution < 1.29 is 65.6 Å². The fourth-order valence-electron chi connectivity index (χ4n) is 17.6. The van der Waals surface area contributed by atoms with Crippen LogP contribution in [-0.2, 0) is 79.1 Å². The van der Waals surface area contributed by atoms with E-state index in [0.717, 1.165) is 262 Å². The molecule has 0 amide bonds. The number of para-hydroxylation sites is 3. The number of imidazole rings is 1. The first-order valence-corrected chi connectivity index (χ1v) is 45.4. The number of nitrogens with one attached hydrogen (secondary N) is 5. The van der Waals surface area contributed by atoms with Crippen LogP contribution in [0.25, 0.3) is 11.0 Å². The Morgan fingerprint density at radius 2 is 1.02 bits per heavy atom. The number of hydrogen-bond acceptors (Lipinski definition) is 21. The fraction of sp³-hybridized carbons (Fsp3) is 0.461. The van der Waals surface area contributed by atoms with Gasteiger partial charge in [-0.2, -0.15) is 0 Å². The summed E-state index contributed by atoms with van der Waals surface area (Å²) in [6.07, 6.45) is 8.08. The summed E-state index contributed by atoms with van der Waals surface area (Å²) < 4.78 is 96.7. The molecular weight excluding hydrogens is 1600 g/mol. The number of aromatic nitrogens is 2. The zero-order chi connectivity index (χ0) is 86.7. The summed E-state index contributed by atoms with van der Waals surface area (Å²) in [7, 11) is 6.91. The number of aryl methyl sites for hydroxylation is 1. The largest absolute Gasteiger partial charge is 0.496 e. The minimum Gasteiger partial charge on any atom is -0.496 e.